The number of rotatable bonds is 6. The number of anilines is 1. The Kier molecular flexibility index (Phi) is 5.06. The summed E-state index contributed by atoms with van der Waals surface area (Å²) in [6, 6.07) is 15.9. The van der Waals surface area contributed by atoms with Gasteiger partial charge in [-0.25, -0.2) is 0 Å². The lowest BCUT2D eigenvalue weighted by molar-refractivity contribution is -0.112. The highest BCUT2D eigenvalue weighted by atomic mass is 32.2. The van der Waals surface area contributed by atoms with Crippen LogP contribution in [-0.4, -0.2) is 12.2 Å². The Balaban J connectivity index is 2.00. The van der Waals surface area contributed by atoms with E-state index < -0.39 is 5.91 Å². The summed E-state index contributed by atoms with van der Waals surface area (Å²) in [4.78, 5) is 12.3. The number of hydrogen-bond donors (Lipinski definition) is 2. The van der Waals surface area contributed by atoms with Gasteiger partial charge in [-0.3, -0.25) is 4.79 Å². The first-order valence-corrected chi connectivity index (χ1v) is 7.78. The van der Waals surface area contributed by atoms with E-state index in [4.69, 9.17) is 5.73 Å². The van der Waals surface area contributed by atoms with E-state index in [0.29, 0.717) is 5.57 Å². The summed E-state index contributed by atoms with van der Waals surface area (Å²) >= 11 is 1.72. The van der Waals surface area contributed by atoms with Gasteiger partial charge in [-0.1, -0.05) is 36.9 Å². The Morgan fingerprint density at radius 2 is 1.95 bits per heavy atom. The average molecular weight is 298 g/mol. The van der Waals surface area contributed by atoms with Crippen LogP contribution >= 0.6 is 11.8 Å². The highest BCUT2D eigenvalue weighted by Gasteiger charge is 2.04. The molecular formula is C17H18N2OS. The number of carbonyl (C=O) groups excluding carboxylic acids is 1. The van der Waals surface area contributed by atoms with Gasteiger partial charge in [0.25, 0.3) is 0 Å². The predicted molar refractivity (Wildman–Crippen MR) is 90.2 cm³/mol. The Morgan fingerprint density at radius 1 is 1.24 bits per heavy atom. The molecule has 0 saturated carbocycles. The van der Waals surface area contributed by atoms with Crippen molar-refractivity contribution in [2.45, 2.75) is 11.4 Å². The second kappa shape index (κ2) is 6.99. The molecule has 3 N–H and O–H groups in total. The molecule has 0 aliphatic heterocycles. The van der Waals surface area contributed by atoms with Crippen LogP contribution in [0.4, 0.5) is 5.69 Å². The van der Waals surface area contributed by atoms with Crippen LogP contribution in [-0.2, 0) is 11.3 Å². The fourth-order valence-corrected chi connectivity index (χ4v) is 2.36. The molecular weight excluding hydrogens is 280 g/mol. The zero-order valence-corrected chi connectivity index (χ0v) is 12.7. The zero-order valence-electron chi connectivity index (χ0n) is 11.9. The number of amides is 1. The summed E-state index contributed by atoms with van der Waals surface area (Å²) in [6.45, 7) is 4.40. The lowest BCUT2D eigenvalue weighted by Crippen LogP contribution is -2.11. The summed E-state index contributed by atoms with van der Waals surface area (Å²) in [5.74, 6) is -0.491. The van der Waals surface area contributed by atoms with E-state index in [9.17, 15) is 4.79 Å². The van der Waals surface area contributed by atoms with Crippen LogP contribution in [0.25, 0.3) is 5.57 Å². The van der Waals surface area contributed by atoms with E-state index in [2.05, 4.69) is 30.3 Å². The smallest absolute Gasteiger partial charge is 0.248 e. The Labute approximate surface area is 129 Å². The van der Waals surface area contributed by atoms with Gasteiger partial charge in [0.05, 0.1) is 0 Å². The van der Waals surface area contributed by atoms with Crippen molar-refractivity contribution in [1.82, 2.24) is 0 Å². The van der Waals surface area contributed by atoms with E-state index in [1.54, 1.807) is 11.8 Å². The van der Waals surface area contributed by atoms with E-state index in [1.807, 2.05) is 36.4 Å². The molecule has 2 rings (SSSR count). The van der Waals surface area contributed by atoms with Gasteiger partial charge in [-0.05, 0) is 35.6 Å². The molecule has 0 fully saturated rings. The minimum atomic E-state index is -0.491. The first kappa shape index (κ1) is 15.2. The maximum atomic E-state index is 11.1. The maximum absolute atomic E-state index is 11.1. The van der Waals surface area contributed by atoms with Crippen LogP contribution in [0.1, 0.15) is 11.1 Å². The summed E-state index contributed by atoms with van der Waals surface area (Å²) in [5, 5.41) is 3.38. The molecule has 0 aromatic heterocycles. The van der Waals surface area contributed by atoms with E-state index in [1.165, 1.54) is 4.90 Å². The van der Waals surface area contributed by atoms with E-state index >= 15 is 0 Å². The lowest BCUT2D eigenvalue weighted by atomic mass is 10.1. The highest BCUT2D eigenvalue weighted by Crippen LogP contribution is 2.20. The number of thioether (sulfide) groups is 1. The van der Waals surface area contributed by atoms with Crippen molar-refractivity contribution < 1.29 is 4.79 Å². The summed E-state index contributed by atoms with van der Waals surface area (Å²) in [7, 11) is 0. The van der Waals surface area contributed by atoms with Gasteiger partial charge in [0, 0.05) is 22.7 Å². The van der Waals surface area contributed by atoms with Crippen molar-refractivity contribution in [2.24, 2.45) is 5.73 Å². The topological polar surface area (TPSA) is 55.1 Å². The van der Waals surface area contributed by atoms with E-state index in [0.717, 1.165) is 23.4 Å². The van der Waals surface area contributed by atoms with Gasteiger partial charge >= 0.3 is 0 Å². The van der Waals surface area contributed by atoms with Crippen molar-refractivity contribution in [3.05, 3.63) is 66.2 Å². The predicted octanol–water partition coefficient (Wildman–Crippen LogP) is 3.52. The zero-order chi connectivity index (χ0) is 15.2. The number of primary amides is 1. The van der Waals surface area contributed by atoms with Crippen LogP contribution in [0.2, 0.25) is 0 Å². The minimum Gasteiger partial charge on any atom is -0.381 e. The third kappa shape index (κ3) is 4.13. The molecule has 0 bridgehead atoms. The molecule has 1 amide bonds. The Bertz CT molecular complexity index is 650. The molecule has 0 saturated heterocycles. The average Bonchev–Trinajstić information content (AvgIpc) is 2.53. The molecule has 108 valence electrons. The molecule has 0 atom stereocenters. The first-order valence-electron chi connectivity index (χ1n) is 6.56. The number of nitrogens with two attached hydrogens (primary N) is 1. The standard InChI is InChI=1S/C17H18N2OS/c1-12(17(18)20)14-8-6-13(7-9-14)11-19-15-4-3-5-16(10-15)21-2/h3-10,19H,1,11H2,2H3,(H2,18,20). The number of benzene rings is 2. The molecule has 0 aliphatic carbocycles. The van der Waals surface area contributed by atoms with Crippen molar-refractivity contribution in [1.29, 1.82) is 0 Å². The van der Waals surface area contributed by atoms with Crippen LogP contribution in [0.3, 0.4) is 0 Å². The number of hydrogen-bond acceptors (Lipinski definition) is 3. The molecule has 2 aromatic rings. The third-order valence-corrected chi connectivity index (χ3v) is 3.89. The third-order valence-electron chi connectivity index (χ3n) is 3.17. The van der Waals surface area contributed by atoms with Crippen LogP contribution in [0.5, 0.6) is 0 Å². The summed E-state index contributed by atoms with van der Waals surface area (Å²) in [5.41, 5.74) is 8.53. The van der Waals surface area contributed by atoms with Gasteiger partial charge in [-0.2, -0.15) is 0 Å². The monoisotopic (exact) mass is 298 g/mol. The van der Waals surface area contributed by atoms with Crippen molar-refractivity contribution in [2.75, 3.05) is 11.6 Å². The Morgan fingerprint density at radius 3 is 2.57 bits per heavy atom. The van der Waals surface area contributed by atoms with Crippen molar-refractivity contribution in [3.63, 3.8) is 0 Å². The molecule has 0 aliphatic rings. The van der Waals surface area contributed by atoms with Gasteiger partial charge in [0.2, 0.25) is 5.91 Å². The summed E-state index contributed by atoms with van der Waals surface area (Å²) in [6.07, 6.45) is 2.06. The highest BCUT2D eigenvalue weighted by molar-refractivity contribution is 7.98. The van der Waals surface area contributed by atoms with Crippen molar-refractivity contribution >= 4 is 28.9 Å². The molecule has 0 spiro atoms. The quantitative estimate of drug-likeness (QED) is 0.634. The lowest BCUT2D eigenvalue weighted by Gasteiger charge is -2.09. The number of carbonyl (C=O) groups is 1. The SMILES string of the molecule is C=C(C(N)=O)c1ccc(CNc2cccc(SC)c2)cc1. The molecule has 4 heteroatoms. The molecule has 0 unspecified atom stereocenters. The van der Waals surface area contributed by atoms with Crippen LogP contribution < -0.4 is 11.1 Å². The van der Waals surface area contributed by atoms with Gasteiger partial charge in [0.1, 0.15) is 0 Å². The molecule has 3 nitrogen and oxygen atoms in total. The van der Waals surface area contributed by atoms with Gasteiger partial charge in [-0.15, -0.1) is 11.8 Å². The van der Waals surface area contributed by atoms with Gasteiger partial charge in [0.15, 0.2) is 0 Å². The molecule has 0 heterocycles. The fourth-order valence-electron chi connectivity index (χ4n) is 1.90. The van der Waals surface area contributed by atoms with Crippen LogP contribution in [0, 0.1) is 0 Å². The van der Waals surface area contributed by atoms with E-state index in [-0.39, 0.29) is 0 Å². The normalized spacial score (nSPS) is 10.1. The van der Waals surface area contributed by atoms with Gasteiger partial charge < -0.3 is 11.1 Å². The van der Waals surface area contributed by atoms with Crippen LogP contribution in [0.15, 0.2) is 60.0 Å². The largest absolute Gasteiger partial charge is 0.381 e. The van der Waals surface area contributed by atoms with Crippen molar-refractivity contribution in [3.8, 4) is 0 Å². The first-order chi connectivity index (χ1) is 10.1. The Hall–Kier alpha value is -2.20. The summed E-state index contributed by atoms with van der Waals surface area (Å²) < 4.78 is 0. The molecule has 2 aromatic carbocycles. The second-order valence-corrected chi connectivity index (χ2v) is 5.50. The second-order valence-electron chi connectivity index (χ2n) is 4.63. The maximum Gasteiger partial charge on any atom is 0.248 e. The minimum absolute atomic E-state index is 0.335. The fraction of sp³-hybridized carbons (Fsp3) is 0.118. The molecule has 0 radical (unpaired) electrons. The molecule has 21 heavy (non-hydrogen) atoms. The number of nitrogens with one attached hydrogen (secondary N) is 1.